The number of rotatable bonds is 4. The average molecular weight is 234 g/mol. The fraction of sp³-hybridized carbons (Fsp3) is 0.462. The molecule has 0 aromatic heterocycles. The van der Waals surface area contributed by atoms with Crippen molar-refractivity contribution < 1.29 is 9.53 Å². The largest absolute Gasteiger partial charge is 0.372 e. The zero-order chi connectivity index (χ0) is 12.3. The number of likely N-dealkylation sites (N-methyl/N-ethyl adjacent to an activating group) is 1. The van der Waals surface area contributed by atoms with Crippen molar-refractivity contribution in [3.63, 3.8) is 0 Å². The van der Waals surface area contributed by atoms with Gasteiger partial charge in [-0.1, -0.05) is 30.3 Å². The van der Waals surface area contributed by atoms with Crippen LogP contribution in [0.5, 0.6) is 0 Å². The van der Waals surface area contributed by atoms with Gasteiger partial charge >= 0.3 is 0 Å². The first kappa shape index (κ1) is 12.1. The highest BCUT2D eigenvalue weighted by atomic mass is 16.5. The molecular formula is C13H18N2O2. The minimum atomic E-state index is -0.265. The van der Waals surface area contributed by atoms with Crippen LogP contribution in [0.25, 0.3) is 0 Å². The second-order valence-corrected chi connectivity index (χ2v) is 4.51. The molecule has 1 saturated heterocycles. The minimum Gasteiger partial charge on any atom is -0.372 e. The van der Waals surface area contributed by atoms with Crippen LogP contribution in [0.1, 0.15) is 12.0 Å². The van der Waals surface area contributed by atoms with Crippen LogP contribution in [-0.2, 0) is 16.1 Å². The summed E-state index contributed by atoms with van der Waals surface area (Å²) in [7, 11) is 1.90. The minimum absolute atomic E-state index is 0.0951. The lowest BCUT2D eigenvalue weighted by Crippen LogP contribution is -2.37. The van der Waals surface area contributed by atoms with Crippen molar-refractivity contribution >= 4 is 5.91 Å². The molecule has 1 aliphatic rings. The van der Waals surface area contributed by atoms with Gasteiger partial charge in [-0.05, 0) is 19.0 Å². The normalized spacial score (nSPS) is 25.0. The summed E-state index contributed by atoms with van der Waals surface area (Å²) in [4.78, 5) is 13.1. The van der Waals surface area contributed by atoms with Crippen molar-refractivity contribution in [2.75, 3.05) is 13.6 Å². The molecule has 0 radical (unpaired) electrons. The quantitative estimate of drug-likeness (QED) is 0.837. The number of hydrogen-bond acceptors (Lipinski definition) is 3. The summed E-state index contributed by atoms with van der Waals surface area (Å²) in [6, 6.07) is 9.85. The van der Waals surface area contributed by atoms with Crippen LogP contribution in [0.3, 0.4) is 0 Å². The Kier molecular flexibility index (Phi) is 3.76. The van der Waals surface area contributed by atoms with Gasteiger partial charge in [0.2, 0.25) is 5.91 Å². The van der Waals surface area contributed by atoms with E-state index >= 15 is 0 Å². The summed E-state index contributed by atoms with van der Waals surface area (Å²) in [5, 5.41) is 0. The molecule has 1 amide bonds. The summed E-state index contributed by atoms with van der Waals surface area (Å²) in [6.45, 7) is 1.35. The van der Waals surface area contributed by atoms with Crippen molar-refractivity contribution in [3.8, 4) is 0 Å². The van der Waals surface area contributed by atoms with Gasteiger partial charge in [-0.15, -0.1) is 0 Å². The predicted octanol–water partition coefficient (Wildman–Crippen LogP) is 0.761. The number of amides is 1. The zero-order valence-electron chi connectivity index (χ0n) is 10.0. The van der Waals surface area contributed by atoms with Crippen LogP contribution in [0.2, 0.25) is 0 Å². The van der Waals surface area contributed by atoms with E-state index < -0.39 is 0 Å². The van der Waals surface area contributed by atoms with Crippen LogP contribution in [0.15, 0.2) is 30.3 Å². The van der Waals surface area contributed by atoms with Crippen LogP contribution in [-0.4, -0.2) is 36.5 Å². The molecule has 2 atom stereocenters. The summed E-state index contributed by atoms with van der Waals surface area (Å²) < 4.78 is 5.79. The van der Waals surface area contributed by atoms with Gasteiger partial charge in [0, 0.05) is 6.54 Å². The molecule has 1 aliphatic heterocycles. The van der Waals surface area contributed by atoms with Crippen molar-refractivity contribution in [1.82, 2.24) is 4.90 Å². The number of nitrogens with zero attached hydrogens (tertiary/aromatic N) is 1. The number of benzene rings is 1. The Hall–Kier alpha value is -1.39. The van der Waals surface area contributed by atoms with Gasteiger partial charge < -0.3 is 10.5 Å². The Bertz CT molecular complexity index is 380. The predicted molar refractivity (Wildman–Crippen MR) is 65.2 cm³/mol. The number of ether oxygens (including phenoxy) is 1. The smallest absolute Gasteiger partial charge is 0.234 e. The van der Waals surface area contributed by atoms with Crippen LogP contribution < -0.4 is 5.73 Å². The molecule has 4 heteroatoms. The maximum atomic E-state index is 11.2. The van der Waals surface area contributed by atoms with E-state index in [4.69, 9.17) is 10.5 Å². The molecule has 0 spiro atoms. The molecule has 2 N–H and O–H groups in total. The molecule has 2 rings (SSSR count). The van der Waals surface area contributed by atoms with E-state index in [1.165, 1.54) is 0 Å². The lowest BCUT2D eigenvalue weighted by atomic mass is 10.2. The Morgan fingerprint density at radius 1 is 1.47 bits per heavy atom. The number of carbonyl (C=O) groups is 1. The molecule has 1 heterocycles. The highest BCUT2D eigenvalue weighted by Crippen LogP contribution is 2.19. The van der Waals surface area contributed by atoms with Gasteiger partial charge in [0.15, 0.2) is 0 Å². The maximum Gasteiger partial charge on any atom is 0.234 e. The first-order valence-electron chi connectivity index (χ1n) is 5.82. The van der Waals surface area contributed by atoms with Gasteiger partial charge in [-0.25, -0.2) is 0 Å². The third-order valence-corrected chi connectivity index (χ3v) is 3.17. The molecule has 4 nitrogen and oxygen atoms in total. The molecule has 0 unspecified atom stereocenters. The molecule has 0 aliphatic carbocycles. The molecule has 1 aromatic carbocycles. The van der Waals surface area contributed by atoms with Crippen molar-refractivity contribution in [1.29, 1.82) is 0 Å². The molecule has 1 fully saturated rings. The summed E-state index contributed by atoms with van der Waals surface area (Å²) in [6.07, 6.45) is 0.788. The number of carbonyl (C=O) groups excluding carboxylic acids is 1. The molecule has 0 saturated carbocycles. The van der Waals surface area contributed by atoms with Gasteiger partial charge in [0.25, 0.3) is 0 Å². The third-order valence-electron chi connectivity index (χ3n) is 3.17. The van der Waals surface area contributed by atoms with E-state index in [-0.39, 0.29) is 18.1 Å². The highest BCUT2D eigenvalue weighted by Gasteiger charge is 2.33. The number of likely N-dealkylation sites (tertiary alicyclic amines) is 1. The highest BCUT2D eigenvalue weighted by molar-refractivity contribution is 5.80. The Labute approximate surface area is 101 Å². The van der Waals surface area contributed by atoms with E-state index in [9.17, 15) is 4.79 Å². The zero-order valence-corrected chi connectivity index (χ0v) is 10.0. The van der Waals surface area contributed by atoms with Gasteiger partial charge in [0.05, 0.1) is 18.8 Å². The number of primary amides is 1. The average Bonchev–Trinajstić information content (AvgIpc) is 2.69. The monoisotopic (exact) mass is 234 g/mol. The van der Waals surface area contributed by atoms with Gasteiger partial charge in [0.1, 0.15) is 0 Å². The van der Waals surface area contributed by atoms with Crippen molar-refractivity contribution in [3.05, 3.63) is 35.9 Å². The first-order chi connectivity index (χ1) is 8.16. The molecule has 1 aromatic rings. The van der Waals surface area contributed by atoms with Crippen molar-refractivity contribution in [2.45, 2.75) is 25.2 Å². The maximum absolute atomic E-state index is 11.2. The summed E-state index contributed by atoms with van der Waals surface area (Å²) in [5.74, 6) is -0.265. The van der Waals surface area contributed by atoms with Crippen LogP contribution in [0, 0.1) is 0 Å². The second-order valence-electron chi connectivity index (χ2n) is 4.51. The fourth-order valence-electron chi connectivity index (χ4n) is 2.19. The molecule has 17 heavy (non-hydrogen) atoms. The standard InChI is InChI=1S/C13H18N2O2/c1-15-8-11(7-12(15)13(14)16)17-9-10-5-3-2-4-6-10/h2-6,11-12H,7-9H2,1H3,(H2,14,16)/t11-,12+/m1/s1. The van der Waals surface area contributed by atoms with Crippen LogP contribution >= 0.6 is 0 Å². The molecular weight excluding hydrogens is 216 g/mol. The Morgan fingerprint density at radius 3 is 2.76 bits per heavy atom. The van der Waals surface area contributed by atoms with Crippen LogP contribution in [0.4, 0.5) is 0 Å². The Balaban J connectivity index is 1.84. The Morgan fingerprint density at radius 2 is 2.18 bits per heavy atom. The van der Waals surface area contributed by atoms with E-state index in [0.717, 1.165) is 12.1 Å². The van der Waals surface area contributed by atoms with Gasteiger partial charge in [-0.3, -0.25) is 9.69 Å². The topological polar surface area (TPSA) is 55.6 Å². The molecule has 0 bridgehead atoms. The second kappa shape index (κ2) is 5.29. The van der Waals surface area contributed by atoms with Crippen molar-refractivity contribution in [2.24, 2.45) is 5.73 Å². The third kappa shape index (κ3) is 3.05. The number of nitrogens with two attached hydrogens (primary N) is 1. The fourth-order valence-corrected chi connectivity index (χ4v) is 2.19. The van der Waals surface area contributed by atoms with Gasteiger partial charge in [-0.2, -0.15) is 0 Å². The number of hydrogen-bond donors (Lipinski definition) is 1. The SMILES string of the molecule is CN1C[C@H](OCc2ccccc2)C[C@H]1C(N)=O. The van der Waals surface area contributed by atoms with E-state index in [0.29, 0.717) is 13.0 Å². The summed E-state index contributed by atoms with van der Waals surface area (Å²) >= 11 is 0. The van der Waals surface area contributed by atoms with E-state index in [2.05, 4.69) is 0 Å². The summed E-state index contributed by atoms with van der Waals surface area (Å²) in [5.41, 5.74) is 6.47. The lowest BCUT2D eigenvalue weighted by Gasteiger charge is -2.14. The first-order valence-corrected chi connectivity index (χ1v) is 5.82. The molecule has 92 valence electrons. The lowest BCUT2D eigenvalue weighted by molar-refractivity contribution is -0.121. The van der Waals surface area contributed by atoms with E-state index in [1.54, 1.807) is 0 Å². The van der Waals surface area contributed by atoms with E-state index in [1.807, 2.05) is 42.3 Å².